The summed E-state index contributed by atoms with van der Waals surface area (Å²) in [5, 5.41) is 13.7. The monoisotopic (exact) mass is 313 g/mol. The summed E-state index contributed by atoms with van der Waals surface area (Å²) >= 11 is 1.34. The molecule has 1 aromatic rings. The van der Waals surface area contributed by atoms with Crippen LogP contribution in [0.15, 0.2) is 17.0 Å². The van der Waals surface area contributed by atoms with Gasteiger partial charge in [-0.2, -0.15) is 0 Å². The van der Waals surface area contributed by atoms with Crippen LogP contribution in [-0.2, 0) is 0 Å². The van der Waals surface area contributed by atoms with Gasteiger partial charge in [-0.3, -0.25) is 14.9 Å². The Morgan fingerprint density at radius 3 is 2.57 bits per heavy atom. The minimum Gasteiger partial charge on any atom is -0.495 e. The summed E-state index contributed by atoms with van der Waals surface area (Å²) in [6, 6.07) is 2.72. The van der Waals surface area contributed by atoms with Gasteiger partial charge < -0.3 is 15.8 Å². The van der Waals surface area contributed by atoms with Crippen LogP contribution in [0.3, 0.4) is 0 Å². The molecule has 0 fully saturated rings. The highest BCUT2D eigenvalue weighted by molar-refractivity contribution is 7.98. The first-order valence-corrected chi connectivity index (χ1v) is 7.39. The van der Waals surface area contributed by atoms with Crippen LogP contribution >= 0.6 is 11.8 Å². The Labute approximate surface area is 127 Å². The van der Waals surface area contributed by atoms with Gasteiger partial charge in [-0.25, -0.2) is 0 Å². The van der Waals surface area contributed by atoms with Crippen LogP contribution in [-0.4, -0.2) is 36.3 Å². The van der Waals surface area contributed by atoms with E-state index < -0.39 is 16.4 Å². The van der Waals surface area contributed by atoms with E-state index in [1.54, 1.807) is 20.1 Å². The van der Waals surface area contributed by atoms with Crippen LogP contribution in [0.5, 0.6) is 5.75 Å². The summed E-state index contributed by atoms with van der Waals surface area (Å²) in [4.78, 5) is 23.3. The fourth-order valence-electron chi connectivity index (χ4n) is 1.60. The molecule has 0 aliphatic carbocycles. The molecule has 0 heterocycles. The average Bonchev–Trinajstić information content (AvgIpc) is 2.42. The van der Waals surface area contributed by atoms with Crippen molar-refractivity contribution in [1.82, 2.24) is 5.32 Å². The number of methoxy groups -OCH3 is 1. The molecule has 0 radical (unpaired) electrons. The zero-order chi connectivity index (χ0) is 16.2. The van der Waals surface area contributed by atoms with Gasteiger partial charge in [0.1, 0.15) is 11.3 Å². The first kappa shape index (κ1) is 17.3. The van der Waals surface area contributed by atoms with E-state index >= 15 is 0 Å². The van der Waals surface area contributed by atoms with Crippen molar-refractivity contribution in [2.24, 2.45) is 5.73 Å². The number of ether oxygens (including phenoxy) is 1. The standard InChI is InChI=1S/C13H19N3O4S/c1-13(2,14)7-15-12(17)8-5-11(21-4)10(20-3)6-9(8)16(18)19/h5-6H,7,14H2,1-4H3,(H,15,17). The van der Waals surface area contributed by atoms with Crippen LogP contribution in [0.4, 0.5) is 5.69 Å². The highest BCUT2D eigenvalue weighted by Crippen LogP contribution is 2.34. The van der Waals surface area contributed by atoms with Gasteiger partial charge in [0.05, 0.1) is 23.0 Å². The lowest BCUT2D eigenvalue weighted by Crippen LogP contribution is -2.45. The fraction of sp³-hybridized carbons (Fsp3) is 0.462. The molecule has 0 aliphatic rings. The van der Waals surface area contributed by atoms with E-state index in [0.29, 0.717) is 10.6 Å². The highest BCUT2D eigenvalue weighted by Gasteiger charge is 2.24. The van der Waals surface area contributed by atoms with Crippen molar-refractivity contribution >= 4 is 23.4 Å². The number of nitrogens with two attached hydrogens (primary N) is 1. The van der Waals surface area contributed by atoms with Gasteiger partial charge in [0.15, 0.2) is 0 Å². The van der Waals surface area contributed by atoms with E-state index in [4.69, 9.17) is 10.5 Å². The summed E-state index contributed by atoms with van der Waals surface area (Å²) in [6.07, 6.45) is 1.80. The third-order valence-corrected chi connectivity index (χ3v) is 3.41. The number of nitro groups is 1. The summed E-state index contributed by atoms with van der Waals surface area (Å²) in [6.45, 7) is 3.72. The van der Waals surface area contributed by atoms with Crippen LogP contribution in [0, 0.1) is 10.1 Å². The minimum atomic E-state index is -0.602. The normalized spacial score (nSPS) is 11.1. The quantitative estimate of drug-likeness (QED) is 0.471. The number of thioether (sulfide) groups is 1. The number of hydrogen-bond donors (Lipinski definition) is 2. The van der Waals surface area contributed by atoms with Crippen molar-refractivity contribution in [3.05, 3.63) is 27.8 Å². The lowest BCUT2D eigenvalue weighted by Gasteiger charge is -2.19. The van der Waals surface area contributed by atoms with E-state index in [1.807, 2.05) is 0 Å². The molecular weight excluding hydrogens is 294 g/mol. The number of nitrogens with one attached hydrogen (secondary N) is 1. The number of hydrogen-bond acceptors (Lipinski definition) is 6. The Morgan fingerprint density at radius 1 is 1.52 bits per heavy atom. The molecule has 0 spiro atoms. The summed E-state index contributed by atoms with van der Waals surface area (Å²) in [5.41, 5.74) is 4.89. The molecule has 116 valence electrons. The zero-order valence-electron chi connectivity index (χ0n) is 12.4. The van der Waals surface area contributed by atoms with E-state index in [1.165, 1.54) is 31.0 Å². The second-order valence-corrected chi connectivity index (χ2v) is 6.00. The highest BCUT2D eigenvalue weighted by atomic mass is 32.2. The molecule has 0 bridgehead atoms. The van der Waals surface area contributed by atoms with E-state index in [0.717, 1.165) is 0 Å². The van der Waals surface area contributed by atoms with Crippen LogP contribution in [0.25, 0.3) is 0 Å². The van der Waals surface area contributed by atoms with Crippen molar-refractivity contribution in [2.45, 2.75) is 24.3 Å². The molecule has 21 heavy (non-hydrogen) atoms. The number of carbonyl (C=O) groups is 1. The Morgan fingerprint density at radius 2 is 2.14 bits per heavy atom. The molecule has 0 aromatic heterocycles. The molecule has 0 aliphatic heterocycles. The molecule has 3 N–H and O–H groups in total. The Balaban J connectivity index is 3.20. The van der Waals surface area contributed by atoms with Crippen molar-refractivity contribution in [3.8, 4) is 5.75 Å². The van der Waals surface area contributed by atoms with Gasteiger partial charge in [0.2, 0.25) is 0 Å². The summed E-state index contributed by atoms with van der Waals surface area (Å²) < 4.78 is 5.10. The van der Waals surface area contributed by atoms with Crippen molar-refractivity contribution in [1.29, 1.82) is 0 Å². The predicted octanol–water partition coefficient (Wildman–Crippen LogP) is 1.79. The molecular formula is C13H19N3O4S. The largest absolute Gasteiger partial charge is 0.495 e. The summed E-state index contributed by atoms with van der Waals surface area (Å²) in [5.74, 6) is -0.164. The first-order valence-electron chi connectivity index (χ1n) is 6.17. The fourth-order valence-corrected chi connectivity index (χ4v) is 2.18. The van der Waals surface area contributed by atoms with Crippen LogP contribution in [0.2, 0.25) is 0 Å². The lowest BCUT2D eigenvalue weighted by atomic mass is 10.1. The molecule has 8 heteroatoms. The predicted molar refractivity (Wildman–Crippen MR) is 82.0 cm³/mol. The van der Waals surface area contributed by atoms with Crippen molar-refractivity contribution < 1.29 is 14.5 Å². The molecule has 1 amide bonds. The number of rotatable bonds is 6. The smallest absolute Gasteiger partial charge is 0.285 e. The van der Waals surface area contributed by atoms with Gasteiger partial charge in [0, 0.05) is 12.1 Å². The first-order chi connectivity index (χ1) is 9.69. The van der Waals surface area contributed by atoms with Gasteiger partial charge >= 0.3 is 0 Å². The van der Waals surface area contributed by atoms with Gasteiger partial charge in [0.25, 0.3) is 11.6 Å². The third kappa shape index (κ3) is 4.61. The SMILES string of the molecule is COc1cc([N+](=O)[O-])c(C(=O)NCC(C)(C)N)cc1SC. The Kier molecular flexibility index (Phi) is 5.56. The number of amides is 1. The maximum absolute atomic E-state index is 12.2. The maximum Gasteiger partial charge on any atom is 0.285 e. The van der Waals surface area contributed by atoms with Crippen LogP contribution in [0.1, 0.15) is 24.2 Å². The maximum atomic E-state index is 12.2. The second kappa shape index (κ2) is 6.77. The topological polar surface area (TPSA) is 107 Å². The summed E-state index contributed by atoms with van der Waals surface area (Å²) in [7, 11) is 1.43. The van der Waals surface area contributed by atoms with Gasteiger partial charge in [-0.05, 0) is 26.2 Å². The molecule has 7 nitrogen and oxygen atoms in total. The molecule has 1 aromatic carbocycles. The van der Waals surface area contributed by atoms with Crippen molar-refractivity contribution in [3.63, 3.8) is 0 Å². The number of carbonyl (C=O) groups excluding carboxylic acids is 1. The van der Waals surface area contributed by atoms with Crippen molar-refractivity contribution in [2.75, 3.05) is 19.9 Å². The third-order valence-electron chi connectivity index (χ3n) is 2.65. The van der Waals surface area contributed by atoms with Crippen LogP contribution < -0.4 is 15.8 Å². The molecule has 0 saturated heterocycles. The lowest BCUT2D eigenvalue weighted by molar-refractivity contribution is -0.385. The van der Waals surface area contributed by atoms with Gasteiger partial charge in [-0.15, -0.1) is 11.8 Å². The zero-order valence-corrected chi connectivity index (χ0v) is 13.2. The van der Waals surface area contributed by atoms with E-state index in [2.05, 4.69) is 5.32 Å². The molecule has 0 unspecified atom stereocenters. The number of nitro benzene ring substituents is 1. The number of nitrogens with zero attached hydrogens (tertiary/aromatic N) is 1. The minimum absolute atomic E-state index is 0.00519. The molecule has 1 rings (SSSR count). The van der Waals surface area contributed by atoms with E-state index in [-0.39, 0.29) is 17.8 Å². The Bertz CT molecular complexity index is 555. The van der Waals surface area contributed by atoms with E-state index in [9.17, 15) is 14.9 Å². The van der Waals surface area contributed by atoms with Gasteiger partial charge in [-0.1, -0.05) is 0 Å². The molecule has 0 atom stereocenters. The second-order valence-electron chi connectivity index (χ2n) is 5.15. The average molecular weight is 313 g/mol. The number of benzene rings is 1. The molecule has 0 saturated carbocycles. The Hall–Kier alpha value is -1.80.